The smallest absolute Gasteiger partial charge is 0.475 e. The van der Waals surface area contributed by atoms with E-state index in [1.165, 1.54) is 7.11 Å². The number of ether oxygens (including phenoxy) is 2. The van der Waals surface area contributed by atoms with Gasteiger partial charge in [-0.05, 0) is 5.56 Å². The average Bonchev–Trinajstić information content (AvgIpc) is 2.59. The van der Waals surface area contributed by atoms with Gasteiger partial charge in [-0.1, -0.05) is 30.3 Å². The molecule has 1 atom stereocenters. The fourth-order valence-electron chi connectivity index (χ4n) is 1.32. The Balaban J connectivity index is 0.000000758. The van der Waals surface area contributed by atoms with Crippen LogP contribution in [0.25, 0.3) is 0 Å². The molecule has 8 nitrogen and oxygen atoms in total. The molecular weight excluding hydrogens is 361 g/mol. The second kappa shape index (κ2) is 11.8. The Kier molecular flexibility index (Phi) is 10.6. The highest BCUT2D eigenvalue weighted by Gasteiger charge is 2.38. The second-order valence-electron chi connectivity index (χ2n) is 4.70. The zero-order chi connectivity index (χ0) is 20.2. The van der Waals surface area contributed by atoms with E-state index in [0.29, 0.717) is 6.61 Å². The van der Waals surface area contributed by atoms with Crippen LogP contribution in [0.15, 0.2) is 30.3 Å². The largest absolute Gasteiger partial charge is 0.490 e. The van der Waals surface area contributed by atoms with Crippen molar-refractivity contribution in [2.75, 3.05) is 20.3 Å². The van der Waals surface area contributed by atoms with Gasteiger partial charge < -0.3 is 25.6 Å². The molecule has 4 N–H and O–H groups in total. The van der Waals surface area contributed by atoms with E-state index in [0.717, 1.165) is 5.56 Å². The number of nitrogens with one attached hydrogen (secondary N) is 1. The molecule has 1 rings (SSSR count). The summed E-state index contributed by atoms with van der Waals surface area (Å²) in [5, 5.41) is 9.49. The fourth-order valence-corrected chi connectivity index (χ4v) is 1.32. The van der Waals surface area contributed by atoms with Crippen LogP contribution in [0.1, 0.15) is 5.56 Å². The number of carboxylic acid groups (broad SMARTS) is 1. The van der Waals surface area contributed by atoms with Crippen molar-refractivity contribution in [2.24, 2.45) is 5.73 Å². The van der Waals surface area contributed by atoms with Crippen LogP contribution in [0.2, 0.25) is 0 Å². The molecule has 0 fully saturated rings. The van der Waals surface area contributed by atoms with Crippen LogP contribution < -0.4 is 11.1 Å². The number of carbonyl (C=O) groups is 3. The summed E-state index contributed by atoms with van der Waals surface area (Å²) in [6.45, 7) is 0.280. The molecular formula is C15H19F3N2O6. The van der Waals surface area contributed by atoms with Crippen molar-refractivity contribution >= 4 is 17.8 Å². The minimum Gasteiger partial charge on any atom is -0.475 e. The standard InChI is InChI=1S/C13H18N2O4.C2HF3O2/c1-18-12(16)7-15-13(17)11(14)9-19-8-10-5-3-2-4-6-10;3-2(4,5)1(6)7/h2-6,11H,7-9,14H2,1H3,(H,15,17);(H,6,7)/t11-;/m0./s1. The van der Waals surface area contributed by atoms with Gasteiger partial charge in [-0.25, -0.2) is 4.79 Å². The summed E-state index contributed by atoms with van der Waals surface area (Å²) in [6.07, 6.45) is -5.08. The van der Waals surface area contributed by atoms with Crippen LogP contribution in [-0.4, -0.2) is 55.4 Å². The van der Waals surface area contributed by atoms with Gasteiger partial charge >= 0.3 is 18.1 Å². The molecule has 0 heterocycles. The van der Waals surface area contributed by atoms with Crippen LogP contribution in [0.5, 0.6) is 0 Å². The summed E-state index contributed by atoms with van der Waals surface area (Å²) in [6, 6.07) is 8.75. The third-order valence-electron chi connectivity index (χ3n) is 2.62. The fraction of sp³-hybridized carbons (Fsp3) is 0.400. The lowest BCUT2D eigenvalue weighted by Crippen LogP contribution is -2.45. The molecule has 0 radical (unpaired) electrons. The van der Waals surface area contributed by atoms with Gasteiger partial charge in [0.05, 0.1) is 20.3 Å². The minimum absolute atomic E-state index is 0.0852. The number of methoxy groups -OCH3 is 1. The summed E-state index contributed by atoms with van der Waals surface area (Å²) in [5.74, 6) is -3.73. The quantitative estimate of drug-likeness (QED) is 0.586. The molecule has 1 aromatic carbocycles. The molecule has 26 heavy (non-hydrogen) atoms. The Bertz CT molecular complexity index is 580. The summed E-state index contributed by atoms with van der Waals surface area (Å²) >= 11 is 0. The number of amides is 1. The highest BCUT2D eigenvalue weighted by molar-refractivity contribution is 5.85. The lowest BCUT2D eigenvalue weighted by atomic mass is 10.2. The molecule has 0 saturated carbocycles. The monoisotopic (exact) mass is 380 g/mol. The minimum atomic E-state index is -5.08. The predicted octanol–water partition coefficient (Wildman–Crippen LogP) is 0.453. The third kappa shape index (κ3) is 11.0. The van der Waals surface area contributed by atoms with Crippen LogP contribution in [0, 0.1) is 0 Å². The number of benzene rings is 1. The van der Waals surface area contributed by atoms with E-state index in [1.54, 1.807) is 0 Å². The number of aliphatic carboxylic acids is 1. The topological polar surface area (TPSA) is 128 Å². The summed E-state index contributed by atoms with van der Waals surface area (Å²) < 4.78 is 41.5. The zero-order valence-electron chi connectivity index (χ0n) is 13.8. The van der Waals surface area contributed by atoms with Gasteiger partial charge in [-0.2, -0.15) is 13.2 Å². The van der Waals surface area contributed by atoms with Crippen molar-refractivity contribution in [3.05, 3.63) is 35.9 Å². The Hall–Kier alpha value is -2.66. The number of carbonyl (C=O) groups excluding carboxylic acids is 2. The first kappa shape index (κ1) is 23.3. The third-order valence-corrected chi connectivity index (χ3v) is 2.62. The molecule has 1 aromatic rings. The van der Waals surface area contributed by atoms with Gasteiger partial charge in [0.15, 0.2) is 0 Å². The van der Waals surface area contributed by atoms with E-state index in [2.05, 4.69) is 10.1 Å². The molecule has 0 aliphatic carbocycles. The number of rotatable bonds is 7. The number of hydrogen-bond acceptors (Lipinski definition) is 6. The van der Waals surface area contributed by atoms with Gasteiger partial charge in [-0.3, -0.25) is 9.59 Å². The van der Waals surface area contributed by atoms with Crippen LogP contribution in [0.3, 0.4) is 0 Å². The van der Waals surface area contributed by atoms with Gasteiger partial charge in [0.2, 0.25) is 5.91 Å². The molecule has 0 aliphatic heterocycles. The number of halogens is 3. The Morgan fingerprint density at radius 2 is 1.77 bits per heavy atom. The second-order valence-corrected chi connectivity index (χ2v) is 4.70. The van der Waals surface area contributed by atoms with Gasteiger partial charge in [0, 0.05) is 0 Å². The van der Waals surface area contributed by atoms with Crippen molar-refractivity contribution < 1.29 is 42.1 Å². The van der Waals surface area contributed by atoms with Gasteiger partial charge in [0.1, 0.15) is 12.6 Å². The number of hydrogen-bond donors (Lipinski definition) is 3. The number of nitrogens with two attached hydrogens (primary N) is 1. The van der Waals surface area contributed by atoms with E-state index < -0.39 is 30.1 Å². The van der Waals surface area contributed by atoms with E-state index in [1.807, 2.05) is 30.3 Å². The van der Waals surface area contributed by atoms with Crippen LogP contribution in [-0.2, 0) is 30.5 Å². The molecule has 0 unspecified atom stereocenters. The Labute approximate surface area is 147 Å². The van der Waals surface area contributed by atoms with Crippen molar-refractivity contribution in [3.8, 4) is 0 Å². The van der Waals surface area contributed by atoms with Crippen LogP contribution >= 0.6 is 0 Å². The van der Waals surface area contributed by atoms with E-state index >= 15 is 0 Å². The lowest BCUT2D eigenvalue weighted by molar-refractivity contribution is -0.192. The van der Waals surface area contributed by atoms with Crippen molar-refractivity contribution in [1.29, 1.82) is 0 Å². The van der Waals surface area contributed by atoms with Gasteiger partial charge in [0.25, 0.3) is 0 Å². The highest BCUT2D eigenvalue weighted by atomic mass is 19.4. The van der Waals surface area contributed by atoms with E-state index in [4.69, 9.17) is 20.4 Å². The highest BCUT2D eigenvalue weighted by Crippen LogP contribution is 2.13. The molecule has 11 heteroatoms. The average molecular weight is 380 g/mol. The Morgan fingerprint density at radius 3 is 2.23 bits per heavy atom. The number of carboxylic acids is 1. The van der Waals surface area contributed by atoms with Crippen molar-refractivity contribution in [1.82, 2.24) is 5.32 Å². The molecule has 0 spiro atoms. The van der Waals surface area contributed by atoms with E-state index in [-0.39, 0.29) is 13.2 Å². The lowest BCUT2D eigenvalue weighted by Gasteiger charge is -2.12. The maximum atomic E-state index is 11.5. The summed E-state index contributed by atoms with van der Waals surface area (Å²) in [4.78, 5) is 31.2. The first-order chi connectivity index (χ1) is 12.1. The Morgan fingerprint density at radius 1 is 1.23 bits per heavy atom. The predicted molar refractivity (Wildman–Crippen MR) is 82.8 cm³/mol. The van der Waals surface area contributed by atoms with Crippen LogP contribution in [0.4, 0.5) is 13.2 Å². The first-order valence-electron chi connectivity index (χ1n) is 7.09. The normalized spacial score (nSPS) is 11.6. The number of alkyl halides is 3. The van der Waals surface area contributed by atoms with E-state index in [9.17, 15) is 22.8 Å². The zero-order valence-corrected chi connectivity index (χ0v) is 13.8. The molecule has 0 aromatic heterocycles. The first-order valence-corrected chi connectivity index (χ1v) is 7.09. The molecule has 146 valence electrons. The SMILES string of the molecule is COC(=O)CNC(=O)[C@@H](N)COCc1ccccc1.O=C(O)C(F)(F)F. The van der Waals surface area contributed by atoms with Crippen molar-refractivity contribution in [2.45, 2.75) is 18.8 Å². The maximum absolute atomic E-state index is 11.5. The van der Waals surface area contributed by atoms with Crippen molar-refractivity contribution in [3.63, 3.8) is 0 Å². The number of esters is 1. The molecule has 0 bridgehead atoms. The maximum Gasteiger partial charge on any atom is 0.490 e. The summed E-state index contributed by atoms with van der Waals surface area (Å²) in [5.41, 5.74) is 6.62. The molecule has 0 aliphatic rings. The van der Waals surface area contributed by atoms with Gasteiger partial charge in [-0.15, -0.1) is 0 Å². The molecule has 0 saturated heterocycles. The molecule has 1 amide bonds. The summed E-state index contributed by atoms with van der Waals surface area (Å²) in [7, 11) is 1.25.